The van der Waals surface area contributed by atoms with Crippen LogP contribution in [0.4, 0.5) is 0 Å². The number of fused-ring (bicyclic) bond motifs is 3. The molecule has 94 valence electrons. The van der Waals surface area contributed by atoms with Gasteiger partial charge in [-0.25, -0.2) is 0 Å². The van der Waals surface area contributed by atoms with Crippen LogP contribution >= 0.6 is 0 Å². The van der Waals surface area contributed by atoms with E-state index >= 15 is 0 Å². The van der Waals surface area contributed by atoms with Crippen LogP contribution in [-0.4, -0.2) is 20.9 Å². The molecule has 0 saturated carbocycles. The molecular formula is C16H16N2Si. The minimum Gasteiger partial charge on any atom is -0.256 e. The van der Waals surface area contributed by atoms with Crippen molar-refractivity contribution in [3.05, 3.63) is 46.8 Å². The second-order valence-corrected chi connectivity index (χ2v) is 4.93. The van der Waals surface area contributed by atoms with Crippen LogP contribution in [0, 0.1) is 27.7 Å². The predicted molar refractivity (Wildman–Crippen MR) is 81.7 cm³/mol. The van der Waals surface area contributed by atoms with E-state index in [-0.39, 0.29) is 11.0 Å². The number of hydrogen-bond donors (Lipinski definition) is 0. The lowest BCUT2D eigenvalue weighted by molar-refractivity contribution is 1.17. The van der Waals surface area contributed by atoms with Gasteiger partial charge < -0.3 is 0 Å². The third-order valence-corrected chi connectivity index (χ3v) is 3.84. The first-order chi connectivity index (χ1) is 8.59. The summed E-state index contributed by atoms with van der Waals surface area (Å²) in [7, 11) is 0. The second-order valence-electron chi connectivity index (χ2n) is 4.93. The first-order valence-corrected chi connectivity index (χ1v) is 6.21. The Labute approximate surface area is 117 Å². The number of hydrogen-bond acceptors (Lipinski definition) is 2. The molecule has 0 aliphatic heterocycles. The van der Waals surface area contributed by atoms with E-state index in [2.05, 4.69) is 44.8 Å². The smallest absolute Gasteiger partial charge is 0.0804 e. The summed E-state index contributed by atoms with van der Waals surface area (Å²) in [6, 6.07) is 6.23. The van der Waals surface area contributed by atoms with Crippen LogP contribution in [0.2, 0.25) is 0 Å². The highest BCUT2D eigenvalue weighted by Gasteiger charge is 2.11. The molecule has 4 radical (unpaired) electrons. The maximum atomic E-state index is 4.78. The van der Waals surface area contributed by atoms with Gasteiger partial charge in [-0.2, -0.15) is 0 Å². The molecule has 0 fully saturated rings. The van der Waals surface area contributed by atoms with Gasteiger partial charge >= 0.3 is 0 Å². The van der Waals surface area contributed by atoms with Gasteiger partial charge in [0.2, 0.25) is 0 Å². The van der Waals surface area contributed by atoms with Crippen molar-refractivity contribution in [2.75, 3.05) is 0 Å². The summed E-state index contributed by atoms with van der Waals surface area (Å²) in [4.78, 5) is 9.22. The molecule has 0 atom stereocenters. The highest BCUT2D eigenvalue weighted by Crippen LogP contribution is 2.30. The molecule has 0 N–H and O–H groups in total. The summed E-state index contributed by atoms with van der Waals surface area (Å²) >= 11 is 0. The van der Waals surface area contributed by atoms with Crippen molar-refractivity contribution in [2.24, 2.45) is 0 Å². The molecule has 0 saturated heterocycles. The molecule has 3 heteroatoms. The van der Waals surface area contributed by atoms with Gasteiger partial charge in [-0.15, -0.1) is 0 Å². The van der Waals surface area contributed by atoms with Gasteiger partial charge in [0.05, 0.1) is 11.0 Å². The zero-order valence-electron chi connectivity index (χ0n) is 11.7. The highest BCUT2D eigenvalue weighted by atomic mass is 28.1. The van der Waals surface area contributed by atoms with Gasteiger partial charge in [0.1, 0.15) is 0 Å². The monoisotopic (exact) mass is 264 g/mol. The third-order valence-electron chi connectivity index (χ3n) is 3.84. The molecule has 0 bridgehead atoms. The first-order valence-electron chi connectivity index (χ1n) is 6.21. The summed E-state index contributed by atoms with van der Waals surface area (Å²) in [5.41, 5.74) is 7.09. The fraction of sp³-hybridized carbons (Fsp3) is 0.250. The van der Waals surface area contributed by atoms with Crippen LogP contribution in [0.15, 0.2) is 24.4 Å². The van der Waals surface area contributed by atoms with E-state index in [4.69, 9.17) is 4.98 Å². The second kappa shape index (κ2) is 4.74. The van der Waals surface area contributed by atoms with Crippen LogP contribution < -0.4 is 0 Å². The number of pyridine rings is 2. The quantitative estimate of drug-likeness (QED) is 0.457. The summed E-state index contributed by atoms with van der Waals surface area (Å²) < 4.78 is 0. The van der Waals surface area contributed by atoms with E-state index in [1.807, 2.05) is 12.3 Å². The Balaban J connectivity index is 0.00000133. The molecule has 2 heterocycles. The van der Waals surface area contributed by atoms with Crippen molar-refractivity contribution in [1.82, 2.24) is 9.97 Å². The zero-order valence-corrected chi connectivity index (χ0v) is 12.7. The molecule has 0 unspecified atom stereocenters. The van der Waals surface area contributed by atoms with Gasteiger partial charge in [0.25, 0.3) is 0 Å². The molecule has 2 nitrogen and oxygen atoms in total. The molecule has 0 amide bonds. The molecule has 3 aromatic rings. The van der Waals surface area contributed by atoms with Crippen LogP contribution in [0.5, 0.6) is 0 Å². The number of aromatic nitrogens is 2. The van der Waals surface area contributed by atoms with Crippen LogP contribution in [0.3, 0.4) is 0 Å². The first kappa shape index (κ1) is 13.7. The van der Waals surface area contributed by atoms with Crippen molar-refractivity contribution in [3.63, 3.8) is 0 Å². The largest absolute Gasteiger partial charge is 0.256 e. The van der Waals surface area contributed by atoms with Gasteiger partial charge in [-0.3, -0.25) is 9.97 Å². The van der Waals surface area contributed by atoms with Crippen molar-refractivity contribution in [3.8, 4) is 0 Å². The Hall–Kier alpha value is -1.74. The molecular weight excluding hydrogens is 248 g/mol. The van der Waals surface area contributed by atoms with E-state index in [9.17, 15) is 0 Å². The number of rotatable bonds is 0. The third kappa shape index (κ3) is 1.94. The summed E-state index contributed by atoms with van der Waals surface area (Å²) in [6.45, 7) is 8.54. The maximum Gasteiger partial charge on any atom is 0.0804 e. The van der Waals surface area contributed by atoms with Crippen LogP contribution in [-0.2, 0) is 0 Å². The Morgan fingerprint density at radius 2 is 1.74 bits per heavy atom. The normalized spacial score (nSPS) is 10.7. The van der Waals surface area contributed by atoms with E-state index in [0.717, 1.165) is 22.1 Å². The predicted octanol–water partition coefficient (Wildman–Crippen LogP) is 3.64. The Morgan fingerprint density at radius 3 is 2.47 bits per heavy atom. The standard InChI is InChI=1S/C16H16N2.Si/c1-9-8-14-13(6-5-7-17-14)16-15(9)11(3)10(2)12(4)18-16;/h5-8H,1-4H3;. The number of nitrogens with zero attached hydrogens (tertiary/aromatic N) is 2. The molecule has 19 heavy (non-hydrogen) atoms. The molecule has 0 aliphatic carbocycles. The van der Waals surface area contributed by atoms with Gasteiger partial charge in [0, 0.05) is 33.6 Å². The fourth-order valence-corrected chi connectivity index (χ4v) is 2.63. The van der Waals surface area contributed by atoms with E-state index in [1.165, 1.54) is 22.1 Å². The molecule has 2 aromatic heterocycles. The SMILES string of the molecule is Cc1nc2c(c(C)cc3ncccc32)c(C)c1C.[Si]. The minimum absolute atomic E-state index is 0. The lowest BCUT2D eigenvalue weighted by Gasteiger charge is -2.13. The summed E-state index contributed by atoms with van der Waals surface area (Å²) in [5.74, 6) is 0. The van der Waals surface area contributed by atoms with Crippen molar-refractivity contribution in [1.29, 1.82) is 0 Å². The molecule has 0 aliphatic rings. The van der Waals surface area contributed by atoms with E-state index in [1.54, 1.807) is 0 Å². The zero-order chi connectivity index (χ0) is 12.9. The highest BCUT2D eigenvalue weighted by molar-refractivity contribution is 6.06. The van der Waals surface area contributed by atoms with Gasteiger partial charge in [0.15, 0.2) is 0 Å². The molecule has 1 aromatic carbocycles. The minimum atomic E-state index is 0. The van der Waals surface area contributed by atoms with Crippen LogP contribution in [0.25, 0.3) is 21.8 Å². The van der Waals surface area contributed by atoms with Gasteiger partial charge in [-0.1, -0.05) is 0 Å². The van der Waals surface area contributed by atoms with Crippen LogP contribution in [0.1, 0.15) is 22.4 Å². The average Bonchev–Trinajstić information content (AvgIpc) is 2.35. The topological polar surface area (TPSA) is 25.8 Å². The van der Waals surface area contributed by atoms with Gasteiger partial charge in [-0.05, 0) is 62.6 Å². The summed E-state index contributed by atoms with van der Waals surface area (Å²) in [6.07, 6.45) is 1.83. The molecule has 0 spiro atoms. The van der Waals surface area contributed by atoms with Crippen molar-refractivity contribution < 1.29 is 0 Å². The number of benzene rings is 1. The van der Waals surface area contributed by atoms with E-state index in [0.29, 0.717) is 0 Å². The maximum absolute atomic E-state index is 4.78. The fourth-order valence-electron chi connectivity index (χ4n) is 2.63. The lowest BCUT2D eigenvalue weighted by atomic mass is 9.97. The van der Waals surface area contributed by atoms with Crippen molar-refractivity contribution >= 4 is 32.8 Å². The Morgan fingerprint density at radius 1 is 1.00 bits per heavy atom. The number of aryl methyl sites for hydroxylation is 3. The Kier molecular flexibility index (Phi) is 3.41. The Bertz CT molecular complexity index is 779. The lowest BCUT2D eigenvalue weighted by Crippen LogP contribution is -1.96. The average molecular weight is 264 g/mol. The van der Waals surface area contributed by atoms with E-state index < -0.39 is 0 Å². The van der Waals surface area contributed by atoms with Crippen molar-refractivity contribution in [2.45, 2.75) is 27.7 Å². The summed E-state index contributed by atoms with van der Waals surface area (Å²) in [5, 5.41) is 2.42. The molecule has 3 rings (SSSR count).